The second-order valence-electron chi connectivity index (χ2n) is 2.31. The molecule has 0 radical (unpaired) electrons. The fourth-order valence-electron chi connectivity index (χ4n) is 0.910. The minimum absolute atomic E-state index is 0.530. The lowest BCUT2D eigenvalue weighted by atomic mass is 10.1. The largest absolute Gasteiger partial charge is 0.389 e. The van der Waals surface area contributed by atoms with E-state index in [2.05, 4.69) is 15.9 Å². The third-order valence-corrected chi connectivity index (χ3v) is 2.44. The summed E-state index contributed by atoms with van der Waals surface area (Å²) in [6.07, 6.45) is -0.530. The number of hydrogen-bond acceptors (Lipinski definition) is 1. The van der Waals surface area contributed by atoms with Crippen LogP contribution in [0.15, 0.2) is 22.7 Å². The normalized spacial score (nSPS) is 13.1. The number of benzene rings is 1. The average molecular weight is 236 g/mol. The molecule has 0 saturated carbocycles. The number of halogens is 2. The molecule has 3 heteroatoms. The first-order chi connectivity index (χ1) is 5.13. The third-order valence-electron chi connectivity index (χ3n) is 1.42. The lowest BCUT2D eigenvalue weighted by molar-refractivity contribution is 0.198. The first-order valence-corrected chi connectivity index (χ1v) is 4.42. The lowest BCUT2D eigenvalue weighted by Crippen LogP contribution is -1.93. The standard InChI is InChI=1S/C8H8BrClO/c1-5(11)8-6(9)3-2-4-7(8)10/h2-5,11H,1H3/t5-/m0/s1. The van der Waals surface area contributed by atoms with Crippen LogP contribution in [0.3, 0.4) is 0 Å². The van der Waals surface area contributed by atoms with Crippen molar-refractivity contribution in [1.82, 2.24) is 0 Å². The van der Waals surface area contributed by atoms with Gasteiger partial charge in [-0.15, -0.1) is 0 Å². The summed E-state index contributed by atoms with van der Waals surface area (Å²) in [4.78, 5) is 0. The first-order valence-electron chi connectivity index (χ1n) is 3.25. The van der Waals surface area contributed by atoms with Gasteiger partial charge >= 0.3 is 0 Å². The molecular weight excluding hydrogens is 227 g/mol. The summed E-state index contributed by atoms with van der Waals surface area (Å²) in [5.41, 5.74) is 0.745. The zero-order valence-corrected chi connectivity index (χ0v) is 8.35. The Kier molecular flexibility index (Phi) is 2.93. The van der Waals surface area contributed by atoms with E-state index < -0.39 is 6.10 Å². The van der Waals surface area contributed by atoms with Gasteiger partial charge in [0.15, 0.2) is 0 Å². The molecule has 0 saturated heterocycles. The maximum absolute atomic E-state index is 9.27. The highest BCUT2D eigenvalue weighted by Crippen LogP contribution is 2.29. The Hall–Kier alpha value is -0.0500. The first kappa shape index (κ1) is 9.04. The molecule has 0 spiro atoms. The van der Waals surface area contributed by atoms with Crippen molar-refractivity contribution in [2.45, 2.75) is 13.0 Å². The van der Waals surface area contributed by atoms with Crippen LogP contribution in [0.4, 0.5) is 0 Å². The maximum Gasteiger partial charge on any atom is 0.0787 e. The monoisotopic (exact) mass is 234 g/mol. The Bertz CT molecular complexity index is 240. The van der Waals surface area contributed by atoms with Gasteiger partial charge in [-0.3, -0.25) is 0 Å². The molecule has 0 aliphatic rings. The highest BCUT2D eigenvalue weighted by Gasteiger charge is 2.09. The van der Waals surface area contributed by atoms with Crippen molar-refractivity contribution in [2.24, 2.45) is 0 Å². The Morgan fingerprint density at radius 1 is 1.55 bits per heavy atom. The molecule has 0 heterocycles. The average Bonchev–Trinajstić information content (AvgIpc) is 1.85. The van der Waals surface area contributed by atoms with E-state index in [-0.39, 0.29) is 0 Å². The van der Waals surface area contributed by atoms with E-state index >= 15 is 0 Å². The van der Waals surface area contributed by atoms with Gasteiger partial charge < -0.3 is 5.11 Å². The quantitative estimate of drug-likeness (QED) is 0.793. The molecule has 1 aromatic rings. The van der Waals surface area contributed by atoms with Gasteiger partial charge in [0.1, 0.15) is 0 Å². The molecule has 0 aliphatic heterocycles. The molecule has 1 atom stereocenters. The second-order valence-corrected chi connectivity index (χ2v) is 3.57. The van der Waals surface area contributed by atoms with Crippen LogP contribution in [-0.4, -0.2) is 5.11 Å². The zero-order valence-electron chi connectivity index (χ0n) is 6.01. The minimum atomic E-state index is -0.530. The van der Waals surface area contributed by atoms with Gasteiger partial charge in [-0.25, -0.2) is 0 Å². The number of aliphatic hydroxyl groups is 1. The summed E-state index contributed by atoms with van der Waals surface area (Å²) in [7, 11) is 0. The summed E-state index contributed by atoms with van der Waals surface area (Å²) < 4.78 is 0.847. The van der Waals surface area contributed by atoms with Crippen molar-refractivity contribution in [3.8, 4) is 0 Å². The maximum atomic E-state index is 9.27. The van der Waals surface area contributed by atoms with E-state index in [4.69, 9.17) is 11.6 Å². The van der Waals surface area contributed by atoms with Gasteiger partial charge in [0.05, 0.1) is 6.10 Å². The van der Waals surface area contributed by atoms with Crippen molar-refractivity contribution < 1.29 is 5.11 Å². The van der Waals surface area contributed by atoms with Crippen molar-refractivity contribution in [3.05, 3.63) is 33.3 Å². The third kappa shape index (κ3) is 1.95. The molecule has 11 heavy (non-hydrogen) atoms. The van der Waals surface area contributed by atoms with Crippen molar-refractivity contribution in [3.63, 3.8) is 0 Å². The Morgan fingerprint density at radius 3 is 2.55 bits per heavy atom. The Balaban J connectivity index is 3.21. The molecule has 0 aromatic heterocycles. The smallest absolute Gasteiger partial charge is 0.0787 e. The predicted molar refractivity (Wildman–Crippen MR) is 49.8 cm³/mol. The summed E-state index contributed by atoms with van der Waals surface area (Å²) in [5.74, 6) is 0. The summed E-state index contributed by atoms with van der Waals surface area (Å²) >= 11 is 9.14. The summed E-state index contributed by atoms with van der Waals surface area (Å²) in [6, 6.07) is 5.45. The van der Waals surface area contributed by atoms with Gasteiger partial charge in [-0.1, -0.05) is 33.6 Å². The molecule has 0 unspecified atom stereocenters. The van der Waals surface area contributed by atoms with Crippen LogP contribution in [0.2, 0.25) is 5.02 Å². The summed E-state index contributed by atoms with van der Waals surface area (Å²) in [5, 5.41) is 9.86. The van der Waals surface area contributed by atoms with Crippen LogP contribution >= 0.6 is 27.5 Å². The number of rotatable bonds is 1. The highest BCUT2D eigenvalue weighted by molar-refractivity contribution is 9.10. The molecule has 1 aromatic carbocycles. The van der Waals surface area contributed by atoms with E-state index in [1.807, 2.05) is 12.1 Å². The van der Waals surface area contributed by atoms with Crippen LogP contribution in [0.5, 0.6) is 0 Å². The van der Waals surface area contributed by atoms with E-state index in [0.29, 0.717) is 5.02 Å². The SMILES string of the molecule is C[C@H](O)c1c(Cl)cccc1Br. The molecular formula is C8H8BrClO. The molecule has 1 N–H and O–H groups in total. The lowest BCUT2D eigenvalue weighted by Gasteiger charge is -2.08. The second kappa shape index (κ2) is 3.57. The molecule has 0 aliphatic carbocycles. The van der Waals surface area contributed by atoms with E-state index in [1.54, 1.807) is 13.0 Å². The van der Waals surface area contributed by atoms with Crippen LogP contribution < -0.4 is 0 Å². The molecule has 0 fully saturated rings. The molecule has 1 nitrogen and oxygen atoms in total. The van der Waals surface area contributed by atoms with E-state index in [1.165, 1.54) is 0 Å². The fourth-order valence-corrected chi connectivity index (χ4v) is 2.05. The van der Waals surface area contributed by atoms with Crippen LogP contribution in [-0.2, 0) is 0 Å². The molecule has 0 bridgehead atoms. The van der Waals surface area contributed by atoms with E-state index in [9.17, 15) is 5.11 Å². The van der Waals surface area contributed by atoms with Gasteiger partial charge in [0.2, 0.25) is 0 Å². The zero-order chi connectivity index (χ0) is 8.43. The van der Waals surface area contributed by atoms with Crippen molar-refractivity contribution in [2.75, 3.05) is 0 Å². The predicted octanol–water partition coefficient (Wildman–Crippen LogP) is 3.16. The molecule has 1 rings (SSSR count). The molecule has 60 valence electrons. The minimum Gasteiger partial charge on any atom is -0.389 e. The van der Waals surface area contributed by atoms with Crippen LogP contribution in [0.25, 0.3) is 0 Å². The Morgan fingerprint density at radius 2 is 2.18 bits per heavy atom. The Labute approximate surface area is 79.1 Å². The number of aliphatic hydroxyl groups excluding tert-OH is 1. The molecule has 0 amide bonds. The number of hydrogen-bond donors (Lipinski definition) is 1. The van der Waals surface area contributed by atoms with Crippen molar-refractivity contribution >= 4 is 27.5 Å². The van der Waals surface area contributed by atoms with Gasteiger partial charge in [0.25, 0.3) is 0 Å². The highest BCUT2D eigenvalue weighted by atomic mass is 79.9. The van der Waals surface area contributed by atoms with Crippen molar-refractivity contribution in [1.29, 1.82) is 0 Å². The van der Waals surface area contributed by atoms with E-state index in [0.717, 1.165) is 10.0 Å². The van der Waals surface area contributed by atoms with Gasteiger partial charge in [-0.05, 0) is 19.1 Å². The van der Waals surface area contributed by atoms with Gasteiger partial charge in [-0.2, -0.15) is 0 Å². The fraction of sp³-hybridized carbons (Fsp3) is 0.250. The topological polar surface area (TPSA) is 20.2 Å². The summed E-state index contributed by atoms with van der Waals surface area (Å²) in [6.45, 7) is 1.69. The van der Waals surface area contributed by atoms with Crippen LogP contribution in [0.1, 0.15) is 18.6 Å². The van der Waals surface area contributed by atoms with Gasteiger partial charge in [0, 0.05) is 15.1 Å². The van der Waals surface area contributed by atoms with Crippen LogP contribution in [0, 0.1) is 0 Å².